The van der Waals surface area contributed by atoms with Gasteiger partial charge >= 0.3 is 0 Å². The number of hydrogen-bond donors (Lipinski definition) is 3. The molecule has 6 nitrogen and oxygen atoms in total. The molecule has 7 heteroatoms. The number of carbonyl (C=O) groups is 1. The van der Waals surface area contributed by atoms with Crippen molar-refractivity contribution >= 4 is 16.0 Å². The molecule has 0 aliphatic carbocycles. The Kier molecular flexibility index (Phi) is 11.6. The van der Waals surface area contributed by atoms with Gasteiger partial charge in [0.25, 0.3) is 16.0 Å². The molecule has 0 saturated heterocycles. The van der Waals surface area contributed by atoms with Crippen LogP contribution < -0.4 is 5.48 Å². The average molecular weight is 323 g/mol. The molecule has 0 radical (unpaired) electrons. The molecule has 126 valence electrons. The monoisotopic (exact) mass is 323 g/mol. The first-order valence-corrected chi connectivity index (χ1v) is 9.34. The van der Waals surface area contributed by atoms with Crippen molar-refractivity contribution in [2.45, 2.75) is 82.8 Å². The minimum absolute atomic E-state index is 0.0295. The van der Waals surface area contributed by atoms with Gasteiger partial charge in [-0.2, -0.15) is 8.42 Å². The van der Waals surface area contributed by atoms with E-state index in [2.05, 4.69) is 6.92 Å². The van der Waals surface area contributed by atoms with Gasteiger partial charge in [-0.3, -0.25) is 14.6 Å². The standard InChI is InChI=1S/C14H29NO5S/c1-2-3-4-5-6-7-8-9-10-11-12-13(14(16)15-17)21(18,19)20/h13,17H,2-12H2,1H3,(H,15,16)(H,18,19,20). The molecular weight excluding hydrogens is 294 g/mol. The lowest BCUT2D eigenvalue weighted by Gasteiger charge is -2.11. The first-order valence-electron chi connectivity index (χ1n) is 7.83. The molecule has 0 heterocycles. The topological polar surface area (TPSA) is 104 Å². The van der Waals surface area contributed by atoms with Crippen LogP contribution in [0.3, 0.4) is 0 Å². The van der Waals surface area contributed by atoms with Crippen LogP contribution >= 0.6 is 0 Å². The van der Waals surface area contributed by atoms with E-state index in [4.69, 9.17) is 9.76 Å². The maximum absolute atomic E-state index is 11.1. The molecule has 0 spiro atoms. The minimum atomic E-state index is -4.46. The largest absolute Gasteiger partial charge is 0.289 e. The Morgan fingerprint density at radius 3 is 1.76 bits per heavy atom. The van der Waals surface area contributed by atoms with Crippen molar-refractivity contribution in [3.05, 3.63) is 0 Å². The molecule has 0 bridgehead atoms. The molecule has 1 amide bonds. The second kappa shape index (κ2) is 11.9. The van der Waals surface area contributed by atoms with Crippen molar-refractivity contribution in [1.82, 2.24) is 5.48 Å². The minimum Gasteiger partial charge on any atom is -0.289 e. The van der Waals surface area contributed by atoms with Gasteiger partial charge in [0.2, 0.25) is 0 Å². The van der Waals surface area contributed by atoms with Crippen LogP contribution in [0.2, 0.25) is 0 Å². The Bertz CT molecular complexity index is 370. The summed E-state index contributed by atoms with van der Waals surface area (Å²) in [5.41, 5.74) is 1.28. The summed E-state index contributed by atoms with van der Waals surface area (Å²) in [6, 6.07) is 0. The number of carbonyl (C=O) groups excluding carboxylic acids is 1. The van der Waals surface area contributed by atoms with Crippen LogP contribution in [0.5, 0.6) is 0 Å². The van der Waals surface area contributed by atoms with Crippen molar-refractivity contribution in [1.29, 1.82) is 0 Å². The predicted molar refractivity (Wildman–Crippen MR) is 81.7 cm³/mol. The molecule has 0 fully saturated rings. The predicted octanol–water partition coefficient (Wildman–Crippen LogP) is 3.06. The number of hydrogen-bond acceptors (Lipinski definition) is 4. The Morgan fingerprint density at radius 1 is 0.952 bits per heavy atom. The molecular formula is C14H29NO5S. The number of unbranched alkanes of at least 4 members (excludes halogenated alkanes) is 9. The lowest BCUT2D eigenvalue weighted by atomic mass is 10.1. The van der Waals surface area contributed by atoms with Crippen molar-refractivity contribution in [2.75, 3.05) is 0 Å². The highest BCUT2D eigenvalue weighted by atomic mass is 32.2. The van der Waals surface area contributed by atoms with Gasteiger partial charge in [0, 0.05) is 0 Å². The van der Waals surface area contributed by atoms with E-state index in [0.29, 0.717) is 6.42 Å². The molecule has 0 aromatic rings. The Morgan fingerprint density at radius 2 is 1.38 bits per heavy atom. The molecule has 0 aliphatic heterocycles. The van der Waals surface area contributed by atoms with Crippen molar-refractivity contribution < 1.29 is 23.0 Å². The highest BCUT2D eigenvalue weighted by Gasteiger charge is 2.30. The lowest BCUT2D eigenvalue weighted by molar-refractivity contribution is -0.129. The summed E-state index contributed by atoms with van der Waals surface area (Å²) in [5.74, 6) is -1.08. The molecule has 21 heavy (non-hydrogen) atoms. The number of hydroxylamine groups is 1. The lowest BCUT2D eigenvalue weighted by Crippen LogP contribution is -2.38. The Hall–Kier alpha value is -0.660. The smallest absolute Gasteiger partial charge is 0.277 e. The molecule has 0 aliphatic rings. The molecule has 0 rings (SSSR count). The van der Waals surface area contributed by atoms with Gasteiger partial charge in [0.15, 0.2) is 5.25 Å². The van der Waals surface area contributed by atoms with Crippen molar-refractivity contribution in [3.8, 4) is 0 Å². The number of rotatable bonds is 13. The highest BCUT2D eigenvalue weighted by molar-refractivity contribution is 7.87. The fraction of sp³-hybridized carbons (Fsp3) is 0.929. The van der Waals surface area contributed by atoms with Crippen molar-refractivity contribution in [2.24, 2.45) is 0 Å². The number of amides is 1. The van der Waals surface area contributed by atoms with E-state index in [1.807, 2.05) is 0 Å². The molecule has 0 aromatic carbocycles. The summed E-state index contributed by atoms with van der Waals surface area (Å²) in [6.07, 6.45) is 11.0. The van der Waals surface area contributed by atoms with Crippen molar-refractivity contribution in [3.63, 3.8) is 0 Å². The third-order valence-electron chi connectivity index (χ3n) is 3.58. The summed E-state index contributed by atoms with van der Waals surface area (Å²) >= 11 is 0. The fourth-order valence-corrected chi connectivity index (χ4v) is 3.09. The van der Waals surface area contributed by atoms with Gasteiger partial charge in [-0.15, -0.1) is 0 Å². The van der Waals surface area contributed by atoms with Gasteiger partial charge in [0.1, 0.15) is 0 Å². The van der Waals surface area contributed by atoms with E-state index < -0.39 is 21.3 Å². The zero-order valence-electron chi connectivity index (χ0n) is 12.9. The zero-order valence-corrected chi connectivity index (χ0v) is 13.7. The fourth-order valence-electron chi connectivity index (χ4n) is 2.30. The van der Waals surface area contributed by atoms with Crippen LogP contribution in [-0.4, -0.2) is 29.3 Å². The second-order valence-corrected chi connectivity index (χ2v) is 7.05. The van der Waals surface area contributed by atoms with Crippen LogP contribution in [0.15, 0.2) is 0 Å². The second-order valence-electron chi connectivity index (χ2n) is 5.45. The molecule has 1 atom stereocenters. The summed E-state index contributed by atoms with van der Waals surface area (Å²) in [4.78, 5) is 11.1. The van der Waals surface area contributed by atoms with E-state index in [1.54, 1.807) is 0 Å². The summed E-state index contributed by atoms with van der Waals surface area (Å²) in [6.45, 7) is 2.19. The van der Waals surface area contributed by atoms with E-state index in [9.17, 15) is 13.2 Å². The summed E-state index contributed by atoms with van der Waals surface area (Å²) in [7, 11) is -4.46. The van der Waals surface area contributed by atoms with E-state index in [0.717, 1.165) is 19.3 Å². The summed E-state index contributed by atoms with van der Waals surface area (Å²) < 4.78 is 30.9. The molecule has 0 aromatic heterocycles. The van der Waals surface area contributed by atoms with Crippen LogP contribution in [-0.2, 0) is 14.9 Å². The Balaban J connectivity index is 3.66. The third-order valence-corrected chi connectivity index (χ3v) is 4.75. The molecule has 0 saturated carbocycles. The van der Waals surface area contributed by atoms with E-state index in [-0.39, 0.29) is 6.42 Å². The first kappa shape index (κ1) is 20.3. The highest BCUT2D eigenvalue weighted by Crippen LogP contribution is 2.14. The van der Waals surface area contributed by atoms with Gasteiger partial charge in [-0.05, 0) is 6.42 Å². The SMILES string of the molecule is CCCCCCCCCCCCC(C(=O)NO)S(=O)(=O)O. The Labute approximate surface area is 128 Å². The van der Waals surface area contributed by atoms with Gasteiger partial charge in [-0.1, -0.05) is 71.1 Å². The van der Waals surface area contributed by atoms with Gasteiger partial charge < -0.3 is 0 Å². The maximum atomic E-state index is 11.1. The normalized spacial score (nSPS) is 13.1. The van der Waals surface area contributed by atoms with E-state index >= 15 is 0 Å². The molecule has 3 N–H and O–H groups in total. The quantitative estimate of drug-likeness (QED) is 0.209. The van der Waals surface area contributed by atoms with Crippen LogP contribution in [0.25, 0.3) is 0 Å². The van der Waals surface area contributed by atoms with Gasteiger partial charge in [-0.25, -0.2) is 5.48 Å². The van der Waals surface area contributed by atoms with Crippen LogP contribution in [0.1, 0.15) is 77.6 Å². The number of nitrogens with one attached hydrogen (secondary N) is 1. The first-order chi connectivity index (χ1) is 9.93. The summed E-state index contributed by atoms with van der Waals surface area (Å²) in [5, 5.41) is 6.88. The van der Waals surface area contributed by atoms with Crippen LogP contribution in [0.4, 0.5) is 0 Å². The van der Waals surface area contributed by atoms with E-state index in [1.165, 1.54) is 44.0 Å². The van der Waals surface area contributed by atoms with Gasteiger partial charge in [0.05, 0.1) is 0 Å². The molecule has 1 unspecified atom stereocenters. The van der Waals surface area contributed by atoms with Crippen LogP contribution in [0, 0.1) is 0 Å². The average Bonchev–Trinajstić information content (AvgIpc) is 2.42. The third kappa shape index (κ3) is 10.7. The maximum Gasteiger partial charge on any atom is 0.277 e. The zero-order chi connectivity index (χ0) is 16.1.